The smallest absolute Gasteiger partial charge is 0.425 e. The van der Waals surface area contributed by atoms with Gasteiger partial charge in [0.05, 0.1) is 41.6 Å². The summed E-state index contributed by atoms with van der Waals surface area (Å²) in [6.45, 7) is 14.3. The average molecular weight is 1370 g/mol. The van der Waals surface area contributed by atoms with Crippen molar-refractivity contribution in [2.45, 2.75) is 60.3 Å². The first kappa shape index (κ1) is 67.4. The molecule has 7 rings (SSSR count). The molecule has 0 bridgehead atoms. The van der Waals surface area contributed by atoms with Crippen molar-refractivity contribution < 1.29 is 57.8 Å². The molecule has 0 aliphatic carbocycles. The number of rotatable bonds is 19. The van der Waals surface area contributed by atoms with Crippen molar-refractivity contribution in [3.05, 3.63) is 121 Å². The first-order valence-corrected chi connectivity index (χ1v) is 31.5. The summed E-state index contributed by atoms with van der Waals surface area (Å²) in [7, 11) is -7.29. The summed E-state index contributed by atoms with van der Waals surface area (Å²) in [5.41, 5.74) is 4.61. The number of amides is 2. The van der Waals surface area contributed by atoms with Crippen molar-refractivity contribution in [3.63, 3.8) is 0 Å². The fourth-order valence-corrected chi connectivity index (χ4v) is 11.0. The summed E-state index contributed by atoms with van der Waals surface area (Å²) in [6, 6.07) is 24.2. The lowest BCUT2D eigenvalue weighted by atomic mass is 10.0. The molecule has 2 amide bonds. The number of nitrogens with one attached hydrogen (secondary N) is 2. The Hall–Kier alpha value is -5.92. The number of pyridine rings is 3. The van der Waals surface area contributed by atoms with Crippen molar-refractivity contribution in [1.29, 1.82) is 0 Å². The second-order valence-corrected chi connectivity index (χ2v) is 23.6. The number of fused-ring (bicyclic) bond motifs is 2. The van der Waals surface area contributed by atoms with Crippen molar-refractivity contribution in [2.24, 2.45) is 0 Å². The Kier molecular flexibility index (Phi) is 28.1. The Morgan fingerprint density at radius 2 is 1.04 bits per heavy atom. The number of unbranched alkanes of at least 4 members (excludes halogenated alkanes) is 2. The van der Waals surface area contributed by atoms with Crippen molar-refractivity contribution in [3.8, 4) is 22.6 Å². The number of nitrogens with zero attached hydrogens (tertiary/aromatic N) is 6. The number of sulfonamides is 2. The highest BCUT2D eigenvalue weighted by atomic mass is 127. The van der Waals surface area contributed by atoms with Gasteiger partial charge in [0.15, 0.2) is 11.6 Å². The largest absolute Gasteiger partial charge is 0.437 e. The number of anilines is 2. The molecule has 0 atom stereocenters. The molecule has 5 heterocycles. The van der Waals surface area contributed by atoms with E-state index in [2.05, 4.69) is 51.3 Å². The Morgan fingerprint density at radius 3 is 1.32 bits per heavy atom. The molecule has 0 saturated heterocycles. The molecule has 0 fully saturated rings. The number of benzene rings is 2. The minimum atomic E-state index is -3.64. The zero-order chi connectivity index (χ0) is 59.0. The van der Waals surface area contributed by atoms with E-state index in [0.29, 0.717) is 65.4 Å². The van der Waals surface area contributed by atoms with Crippen LogP contribution in [0.15, 0.2) is 100 Å². The molecule has 0 radical (unpaired) electrons. The van der Waals surface area contributed by atoms with E-state index in [1.807, 2.05) is 126 Å². The van der Waals surface area contributed by atoms with Gasteiger partial charge in [-0.05, 0) is 122 Å². The third-order valence-corrected chi connectivity index (χ3v) is 15.3. The first-order chi connectivity index (χ1) is 37.4. The van der Waals surface area contributed by atoms with Gasteiger partial charge in [-0.1, -0.05) is 86.5 Å². The van der Waals surface area contributed by atoms with Crippen LogP contribution in [0, 0.1) is 21.0 Å². The normalized spacial score (nSPS) is 10.9. The summed E-state index contributed by atoms with van der Waals surface area (Å²) in [4.78, 5) is 51.1. The predicted molar refractivity (Wildman–Crippen MR) is 324 cm³/mol. The third-order valence-electron chi connectivity index (χ3n) is 11.4. The zero-order valence-corrected chi connectivity index (χ0v) is 52.1. The molecule has 0 aliphatic rings. The molecular formula is C53H66I2N8O13S3. The standard InChI is InChI=1S/C21H24IN3O5S.C21H22IN3O5S.C6H15N.C5H5N.O3S/c2*1-13-6-8-14(9-7-13)18-17(20(27)23-2)15-12-16(22)19(24-21(15)30-18)25(31(3,28)29)10-4-5-11-26;1-4-7(5-2)6-3;1-2-4-6-5-3-1;1-4(2)3/h6-9,12,26H,4-5,10-11H2,1-3H3,(H,23,27);6-9,11-12H,4-5,10H2,1-3H3,(H,23,27);4-6H2,1-3H3;1-5H;. The topological polar surface area (TPSA) is 290 Å². The van der Waals surface area contributed by atoms with Crippen LogP contribution in [0.5, 0.6) is 0 Å². The predicted octanol–water partition coefficient (Wildman–Crippen LogP) is 8.24. The minimum Gasteiger partial charge on any atom is -0.437 e. The highest BCUT2D eigenvalue weighted by molar-refractivity contribution is 14.1. The maximum absolute atomic E-state index is 12.7. The molecule has 0 spiro atoms. The lowest BCUT2D eigenvalue weighted by molar-refractivity contribution is -0.107. The number of aliphatic hydroxyl groups is 1. The number of hydrogen-bond donors (Lipinski definition) is 3. The lowest BCUT2D eigenvalue weighted by Crippen LogP contribution is -2.32. The quantitative estimate of drug-likeness (QED) is 0.0390. The van der Waals surface area contributed by atoms with Crippen LogP contribution in [0.4, 0.5) is 11.6 Å². The van der Waals surface area contributed by atoms with Crippen molar-refractivity contribution in [2.75, 3.05) is 74.5 Å². The molecule has 0 saturated carbocycles. The van der Waals surface area contributed by atoms with E-state index in [9.17, 15) is 31.2 Å². The molecule has 0 aliphatic heterocycles. The second kappa shape index (κ2) is 33.0. The van der Waals surface area contributed by atoms with E-state index < -0.39 is 30.7 Å². The van der Waals surface area contributed by atoms with Gasteiger partial charge in [-0.15, -0.1) is 12.6 Å². The van der Waals surface area contributed by atoms with Crippen LogP contribution in [-0.4, -0.2) is 138 Å². The molecule has 0 unspecified atom stereocenters. The van der Waals surface area contributed by atoms with Crippen molar-refractivity contribution in [1.82, 2.24) is 30.5 Å². The van der Waals surface area contributed by atoms with Gasteiger partial charge < -0.3 is 34.3 Å². The zero-order valence-electron chi connectivity index (χ0n) is 45.3. The first-order valence-electron chi connectivity index (χ1n) is 24.6. The SMILES string of the molecule is CCN(CC)CC.CNC(=O)c1c(-c2ccc(C)cc2)oc2nc(N(CCCC=O)S(C)(=O)=O)c(I)cc12.CNC(=O)c1c(-c2ccc(C)cc2)oc2nc(N(CCCCO)S(C)(=O)=O)c(I)cc12.O=S(=O)=O.c1ccncc1. The molecule has 7 aromatic rings. The summed E-state index contributed by atoms with van der Waals surface area (Å²) in [5, 5.41) is 15.3. The van der Waals surface area contributed by atoms with E-state index >= 15 is 0 Å². The minimum absolute atomic E-state index is 0.0191. The Balaban J connectivity index is 0.000000320. The molecule has 79 heavy (non-hydrogen) atoms. The van der Waals surface area contributed by atoms with E-state index in [-0.39, 0.29) is 61.0 Å². The number of carbonyl (C=O) groups excluding carboxylic acids is 3. The van der Waals surface area contributed by atoms with Crippen LogP contribution in [0.2, 0.25) is 0 Å². The Labute approximate surface area is 490 Å². The maximum atomic E-state index is 12.7. The summed E-state index contributed by atoms with van der Waals surface area (Å²) in [5.74, 6) is 0.534. The van der Waals surface area contributed by atoms with Gasteiger partial charge in [-0.2, -0.15) is 9.97 Å². The van der Waals surface area contributed by atoms with E-state index in [0.717, 1.165) is 39.8 Å². The van der Waals surface area contributed by atoms with Gasteiger partial charge in [-0.25, -0.2) is 16.8 Å². The van der Waals surface area contributed by atoms with Gasteiger partial charge >= 0.3 is 10.6 Å². The lowest BCUT2D eigenvalue weighted by Gasteiger charge is -2.22. The average Bonchev–Trinajstić information content (AvgIpc) is 3.99. The third kappa shape index (κ3) is 20.3. The van der Waals surface area contributed by atoms with Gasteiger partial charge in [0.2, 0.25) is 31.5 Å². The van der Waals surface area contributed by atoms with Crippen LogP contribution >= 0.6 is 45.2 Å². The molecule has 2 aromatic carbocycles. The van der Waals surface area contributed by atoms with Gasteiger partial charge in [-0.3, -0.25) is 23.2 Å². The van der Waals surface area contributed by atoms with Crippen LogP contribution in [0.1, 0.15) is 78.3 Å². The van der Waals surface area contributed by atoms with Crippen LogP contribution < -0.4 is 19.2 Å². The molecule has 428 valence electrons. The summed E-state index contributed by atoms with van der Waals surface area (Å²) < 4.78 is 90.4. The summed E-state index contributed by atoms with van der Waals surface area (Å²) in [6.07, 6.45) is 8.01. The number of aldehydes is 1. The molecule has 3 N–H and O–H groups in total. The van der Waals surface area contributed by atoms with Crippen molar-refractivity contribution >= 4 is 128 Å². The number of hydrogen-bond acceptors (Lipinski definition) is 17. The van der Waals surface area contributed by atoms with Gasteiger partial charge in [0.1, 0.15) is 17.8 Å². The van der Waals surface area contributed by atoms with Crippen LogP contribution in [0.3, 0.4) is 0 Å². The van der Waals surface area contributed by atoms with E-state index in [4.69, 9.17) is 26.6 Å². The maximum Gasteiger partial charge on any atom is 0.425 e. The van der Waals surface area contributed by atoms with E-state index in [1.54, 1.807) is 31.6 Å². The highest BCUT2D eigenvalue weighted by Crippen LogP contribution is 2.38. The molecule has 26 heteroatoms. The summed E-state index contributed by atoms with van der Waals surface area (Å²) >= 11 is 4.01. The number of aryl methyl sites for hydroxylation is 2. The Bertz CT molecular complexity index is 3420. The molecular weight excluding hydrogens is 1310 g/mol. The number of halogens is 2. The highest BCUT2D eigenvalue weighted by Gasteiger charge is 2.29. The van der Waals surface area contributed by atoms with Crippen LogP contribution in [0.25, 0.3) is 44.8 Å². The van der Waals surface area contributed by atoms with Gasteiger partial charge in [0, 0.05) is 63.7 Å². The van der Waals surface area contributed by atoms with E-state index in [1.165, 1.54) is 31.0 Å². The number of aliphatic hydroxyl groups excluding tert-OH is 1. The van der Waals surface area contributed by atoms with Gasteiger partial charge in [0.25, 0.3) is 11.8 Å². The number of aromatic nitrogens is 3. The molecule has 5 aromatic heterocycles. The number of carbonyl (C=O) groups is 3. The van der Waals surface area contributed by atoms with Crippen LogP contribution in [-0.2, 0) is 35.4 Å². The number of furan rings is 2. The second-order valence-electron chi connectivity index (χ2n) is 17.1. The Morgan fingerprint density at radius 1 is 0.658 bits per heavy atom. The fourth-order valence-electron chi connectivity index (χ4n) is 7.37. The molecule has 21 nitrogen and oxygen atoms in total. The fraction of sp³-hybridized carbons (Fsp3) is 0.358. The monoisotopic (exact) mass is 1370 g/mol.